The van der Waals surface area contributed by atoms with Gasteiger partial charge in [0.1, 0.15) is 5.60 Å². The fourth-order valence-corrected chi connectivity index (χ4v) is 1.34. The smallest absolute Gasteiger partial charge is 0.101 e. The molecule has 0 atom stereocenters. The van der Waals surface area contributed by atoms with Crippen LogP contribution in [0.3, 0.4) is 0 Å². The summed E-state index contributed by atoms with van der Waals surface area (Å²) in [5.74, 6) is 0. The lowest BCUT2D eigenvalue weighted by Gasteiger charge is -2.16. The number of pyridine rings is 1. The number of hydrogen-bond donors (Lipinski definition) is 2. The van der Waals surface area contributed by atoms with Crippen molar-refractivity contribution < 1.29 is 5.11 Å². The molecule has 2 rings (SSSR count). The summed E-state index contributed by atoms with van der Waals surface area (Å²) in [6.45, 7) is 3.43. The van der Waals surface area contributed by atoms with Gasteiger partial charge in [0.25, 0.3) is 0 Å². The molecule has 15 heavy (non-hydrogen) atoms. The van der Waals surface area contributed by atoms with E-state index in [4.69, 9.17) is 0 Å². The van der Waals surface area contributed by atoms with Crippen molar-refractivity contribution in [2.45, 2.75) is 19.4 Å². The molecule has 2 N–H and O–H groups in total. The lowest BCUT2D eigenvalue weighted by atomic mass is 10.0. The Balaban J connectivity index is 2.33. The van der Waals surface area contributed by atoms with Gasteiger partial charge in [-0.2, -0.15) is 5.10 Å². The van der Waals surface area contributed by atoms with Crippen molar-refractivity contribution in [1.29, 1.82) is 0 Å². The van der Waals surface area contributed by atoms with Crippen molar-refractivity contribution in [1.82, 2.24) is 15.2 Å². The van der Waals surface area contributed by atoms with Gasteiger partial charge in [0, 0.05) is 23.5 Å². The second-order valence-corrected chi connectivity index (χ2v) is 3.98. The van der Waals surface area contributed by atoms with Crippen LogP contribution in [0.2, 0.25) is 0 Å². The van der Waals surface area contributed by atoms with E-state index in [0.29, 0.717) is 5.69 Å². The number of aromatic nitrogens is 3. The lowest BCUT2D eigenvalue weighted by Crippen LogP contribution is -2.17. The molecule has 2 heterocycles. The first kappa shape index (κ1) is 9.86. The number of H-pyrrole nitrogens is 1. The van der Waals surface area contributed by atoms with Crippen LogP contribution in [0.4, 0.5) is 0 Å². The summed E-state index contributed by atoms with van der Waals surface area (Å²) in [4.78, 5) is 4.21. The first-order chi connectivity index (χ1) is 7.07. The molecule has 0 amide bonds. The summed E-state index contributed by atoms with van der Waals surface area (Å²) in [5.41, 5.74) is 1.74. The van der Waals surface area contributed by atoms with Crippen LogP contribution in [0.25, 0.3) is 11.1 Å². The first-order valence-electron chi connectivity index (χ1n) is 4.75. The molecule has 0 unspecified atom stereocenters. The molecule has 4 heteroatoms. The van der Waals surface area contributed by atoms with Gasteiger partial charge in [-0.1, -0.05) is 6.07 Å². The van der Waals surface area contributed by atoms with E-state index in [-0.39, 0.29) is 0 Å². The van der Waals surface area contributed by atoms with Gasteiger partial charge in [-0.05, 0) is 19.9 Å². The van der Waals surface area contributed by atoms with Crippen molar-refractivity contribution >= 4 is 0 Å². The SMILES string of the molecule is CC(C)(O)c1ccc(-c2cn[nH]c2)cn1. The molecule has 2 aromatic rings. The summed E-state index contributed by atoms with van der Waals surface area (Å²) in [6.07, 6.45) is 5.28. The summed E-state index contributed by atoms with van der Waals surface area (Å²) in [6, 6.07) is 3.74. The number of nitrogens with one attached hydrogen (secondary N) is 1. The molecule has 0 saturated heterocycles. The van der Waals surface area contributed by atoms with Crippen molar-refractivity contribution in [2.24, 2.45) is 0 Å². The molecule has 0 bridgehead atoms. The number of aromatic amines is 1. The van der Waals surface area contributed by atoms with E-state index >= 15 is 0 Å². The molecular formula is C11H13N3O. The van der Waals surface area contributed by atoms with E-state index < -0.39 is 5.60 Å². The topological polar surface area (TPSA) is 61.8 Å². The lowest BCUT2D eigenvalue weighted by molar-refractivity contribution is 0.0739. The van der Waals surface area contributed by atoms with E-state index in [0.717, 1.165) is 11.1 Å². The van der Waals surface area contributed by atoms with Crippen LogP contribution in [0.15, 0.2) is 30.7 Å². The fraction of sp³-hybridized carbons (Fsp3) is 0.273. The quantitative estimate of drug-likeness (QED) is 0.780. The van der Waals surface area contributed by atoms with Crippen molar-refractivity contribution in [2.75, 3.05) is 0 Å². The molecule has 0 fully saturated rings. The summed E-state index contributed by atoms with van der Waals surface area (Å²) in [7, 11) is 0. The Kier molecular flexibility index (Phi) is 2.28. The number of nitrogens with zero attached hydrogens (tertiary/aromatic N) is 2. The largest absolute Gasteiger partial charge is 0.384 e. The fourth-order valence-electron chi connectivity index (χ4n) is 1.34. The molecule has 0 radical (unpaired) electrons. The Hall–Kier alpha value is -1.68. The highest BCUT2D eigenvalue weighted by Crippen LogP contribution is 2.21. The van der Waals surface area contributed by atoms with Crippen LogP contribution in [0.5, 0.6) is 0 Å². The minimum atomic E-state index is -0.894. The third-order valence-electron chi connectivity index (χ3n) is 2.22. The maximum Gasteiger partial charge on any atom is 0.101 e. The van der Waals surface area contributed by atoms with Gasteiger partial charge in [-0.25, -0.2) is 0 Å². The predicted molar refractivity (Wildman–Crippen MR) is 57.1 cm³/mol. The minimum absolute atomic E-state index is 0.662. The normalized spacial score (nSPS) is 11.7. The Bertz CT molecular complexity index is 426. The van der Waals surface area contributed by atoms with E-state index in [1.54, 1.807) is 32.4 Å². The van der Waals surface area contributed by atoms with Gasteiger partial charge in [0.05, 0.1) is 11.9 Å². The second-order valence-electron chi connectivity index (χ2n) is 3.98. The summed E-state index contributed by atoms with van der Waals surface area (Å²) in [5, 5.41) is 16.3. The predicted octanol–water partition coefficient (Wildman–Crippen LogP) is 1.70. The van der Waals surface area contributed by atoms with Crippen molar-refractivity contribution in [3.8, 4) is 11.1 Å². The standard InChI is InChI=1S/C11H13N3O/c1-11(2,15)10-4-3-8(5-12-10)9-6-13-14-7-9/h3-7,15H,1-2H3,(H,13,14). The van der Waals surface area contributed by atoms with E-state index in [2.05, 4.69) is 15.2 Å². The summed E-state index contributed by atoms with van der Waals surface area (Å²) < 4.78 is 0. The molecule has 0 aromatic carbocycles. The third-order valence-corrected chi connectivity index (χ3v) is 2.22. The Morgan fingerprint density at radius 2 is 2.00 bits per heavy atom. The molecule has 0 spiro atoms. The van der Waals surface area contributed by atoms with Crippen LogP contribution in [0.1, 0.15) is 19.5 Å². The van der Waals surface area contributed by atoms with Crippen LogP contribution in [-0.2, 0) is 5.60 Å². The molecule has 0 aliphatic carbocycles. The average Bonchev–Trinajstić information content (AvgIpc) is 2.69. The van der Waals surface area contributed by atoms with Gasteiger partial charge in [0.15, 0.2) is 0 Å². The Labute approximate surface area is 88.0 Å². The van der Waals surface area contributed by atoms with Crippen LogP contribution in [0, 0.1) is 0 Å². The molecule has 4 nitrogen and oxygen atoms in total. The number of aliphatic hydroxyl groups is 1. The first-order valence-corrected chi connectivity index (χ1v) is 4.75. The van der Waals surface area contributed by atoms with Gasteiger partial charge < -0.3 is 5.11 Å². The van der Waals surface area contributed by atoms with Crippen LogP contribution >= 0.6 is 0 Å². The molecule has 0 aliphatic rings. The number of rotatable bonds is 2. The molecule has 0 aliphatic heterocycles. The van der Waals surface area contributed by atoms with Gasteiger partial charge in [-0.15, -0.1) is 0 Å². The van der Waals surface area contributed by atoms with Gasteiger partial charge >= 0.3 is 0 Å². The minimum Gasteiger partial charge on any atom is -0.384 e. The highest BCUT2D eigenvalue weighted by atomic mass is 16.3. The van der Waals surface area contributed by atoms with E-state index in [1.165, 1.54) is 0 Å². The molecule has 78 valence electrons. The summed E-state index contributed by atoms with van der Waals surface area (Å²) >= 11 is 0. The monoisotopic (exact) mass is 203 g/mol. The molecule has 2 aromatic heterocycles. The maximum atomic E-state index is 9.73. The molecular weight excluding hydrogens is 190 g/mol. The van der Waals surface area contributed by atoms with Crippen molar-refractivity contribution in [3.63, 3.8) is 0 Å². The maximum absolute atomic E-state index is 9.73. The zero-order valence-electron chi connectivity index (χ0n) is 8.73. The second kappa shape index (κ2) is 3.47. The molecule has 0 saturated carbocycles. The highest BCUT2D eigenvalue weighted by Gasteiger charge is 2.17. The zero-order valence-corrected chi connectivity index (χ0v) is 8.73. The third kappa shape index (κ3) is 2.05. The number of hydrogen-bond acceptors (Lipinski definition) is 3. The van der Waals surface area contributed by atoms with Crippen LogP contribution in [-0.4, -0.2) is 20.3 Å². The van der Waals surface area contributed by atoms with Crippen LogP contribution < -0.4 is 0 Å². The highest BCUT2D eigenvalue weighted by molar-refractivity contribution is 5.60. The van der Waals surface area contributed by atoms with E-state index in [9.17, 15) is 5.11 Å². The van der Waals surface area contributed by atoms with Gasteiger partial charge in [0.2, 0.25) is 0 Å². The van der Waals surface area contributed by atoms with Crippen molar-refractivity contribution in [3.05, 3.63) is 36.4 Å². The Morgan fingerprint density at radius 3 is 2.47 bits per heavy atom. The van der Waals surface area contributed by atoms with E-state index in [1.807, 2.05) is 12.1 Å². The average molecular weight is 203 g/mol. The Morgan fingerprint density at radius 1 is 1.20 bits per heavy atom. The zero-order chi connectivity index (χ0) is 10.9. The van der Waals surface area contributed by atoms with Gasteiger partial charge in [-0.3, -0.25) is 10.1 Å².